The fraction of sp³-hybridized carbons (Fsp3) is 1.00. The van der Waals surface area contributed by atoms with Gasteiger partial charge in [0, 0.05) is 0 Å². The van der Waals surface area contributed by atoms with Gasteiger partial charge in [0.25, 0.3) is 5.79 Å². The molecule has 1 aliphatic rings. The molecule has 0 aromatic rings. The first kappa shape index (κ1) is 9.66. The molecule has 0 spiro atoms. The number of ether oxygens (including phenoxy) is 2. The van der Waals surface area contributed by atoms with Crippen molar-refractivity contribution >= 4 is 0 Å². The van der Waals surface area contributed by atoms with Gasteiger partial charge in [-0.2, -0.15) is 22.0 Å². The lowest BCUT2D eigenvalue weighted by Gasteiger charge is -2.24. The van der Waals surface area contributed by atoms with Gasteiger partial charge in [-0.3, -0.25) is 4.74 Å². The van der Waals surface area contributed by atoms with E-state index in [0.717, 1.165) is 0 Å². The summed E-state index contributed by atoms with van der Waals surface area (Å²) in [7, 11) is 0. The van der Waals surface area contributed by atoms with Gasteiger partial charge in [0.1, 0.15) is 6.61 Å². The summed E-state index contributed by atoms with van der Waals surface area (Å²) in [4.78, 5) is 0. The van der Waals surface area contributed by atoms with Crippen molar-refractivity contribution in [1.29, 1.82) is 0 Å². The number of hydrogen-bond donors (Lipinski definition) is 0. The number of rotatable bonds is 0. The molecular weight excluding hydrogens is 187 g/mol. The van der Waals surface area contributed by atoms with Crippen LogP contribution in [-0.2, 0) is 9.47 Å². The molecule has 7 heteroatoms. The van der Waals surface area contributed by atoms with E-state index < -0.39 is 24.7 Å². The van der Waals surface area contributed by atoms with Crippen molar-refractivity contribution in [3.05, 3.63) is 0 Å². The van der Waals surface area contributed by atoms with E-state index in [9.17, 15) is 22.0 Å². The molecule has 0 radical (unpaired) electrons. The maximum Gasteiger partial charge on any atom is 0.443 e. The molecule has 1 atom stereocenters. The van der Waals surface area contributed by atoms with E-state index in [1.54, 1.807) is 0 Å². The van der Waals surface area contributed by atoms with Crippen LogP contribution in [0.2, 0.25) is 0 Å². The van der Waals surface area contributed by atoms with Gasteiger partial charge >= 0.3 is 12.3 Å². The van der Waals surface area contributed by atoms with Gasteiger partial charge in [-0.1, -0.05) is 0 Å². The molecule has 0 amide bonds. The summed E-state index contributed by atoms with van der Waals surface area (Å²) in [5.41, 5.74) is 0. The molecule has 0 saturated carbocycles. The monoisotopic (exact) mass is 192 g/mol. The van der Waals surface area contributed by atoms with Crippen LogP contribution in [0.5, 0.6) is 0 Å². The van der Waals surface area contributed by atoms with Crippen LogP contribution in [-0.4, -0.2) is 24.7 Å². The molecule has 1 fully saturated rings. The maximum atomic E-state index is 12.1. The van der Waals surface area contributed by atoms with Crippen molar-refractivity contribution in [3.8, 4) is 0 Å². The molecule has 1 unspecified atom stereocenters. The third-order valence-electron chi connectivity index (χ3n) is 1.37. The molecule has 1 saturated heterocycles. The summed E-state index contributed by atoms with van der Waals surface area (Å²) in [6.45, 7) is -0.961. The molecule has 1 aliphatic heterocycles. The van der Waals surface area contributed by atoms with E-state index in [2.05, 4.69) is 9.47 Å². The molecule has 0 aromatic carbocycles. The normalized spacial score (nSPS) is 35.5. The zero-order chi connectivity index (χ0) is 9.62. The minimum Gasteiger partial charge on any atom is -0.333 e. The Labute approximate surface area is 64.2 Å². The quantitative estimate of drug-likeness (QED) is 0.545. The van der Waals surface area contributed by atoms with Gasteiger partial charge in [0.05, 0.1) is 0 Å². The van der Waals surface area contributed by atoms with Gasteiger partial charge in [-0.25, -0.2) is 0 Å². The lowest BCUT2D eigenvalue weighted by molar-refractivity contribution is -0.369. The van der Waals surface area contributed by atoms with Gasteiger partial charge in [-0.15, -0.1) is 0 Å². The third-order valence-corrected chi connectivity index (χ3v) is 1.37. The van der Waals surface area contributed by atoms with Crippen LogP contribution in [0, 0.1) is 0 Å². The second-order valence-electron chi connectivity index (χ2n) is 2.47. The van der Waals surface area contributed by atoms with Crippen LogP contribution in [0.15, 0.2) is 0 Å². The molecule has 72 valence electrons. The Morgan fingerprint density at radius 3 is 1.92 bits per heavy atom. The van der Waals surface area contributed by atoms with Crippen LogP contribution in [0.25, 0.3) is 0 Å². The van der Waals surface area contributed by atoms with Crippen molar-refractivity contribution in [2.75, 3.05) is 6.61 Å². The largest absolute Gasteiger partial charge is 0.443 e. The molecule has 12 heavy (non-hydrogen) atoms. The average Bonchev–Trinajstić information content (AvgIpc) is 2.05. The summed E-state index contributed by atoms with van der Waals surface area (Å²) in [5, 5.41) is 0. The van der Waals surface area contributed by atoms with Crippen molar-refractivity contribution in [3.63, 3.8) is 0 Å². The highest BCUT2D eigenvalue weighted by atomic mass is 19.4. The lowest BCUT2D eigenvalue weighted by Crippen LogP contribution is -2.44. The van der Waals surface area contributed by atoms with Gasteiger partial charge in [-0.05, 0) is 6.92 Å². The summed E-state index contributed by atoms with van der Waals surface area (Å²) >= 11 is 0. The van der Waals surface area contributed by atoms with Crippen molar-refractivity contribution < 1.29 is 31.4 Å². The van der Waals surface area contributed by atoms with Crippen LogP contribution >= 0.6 is 0 Å². The number of alkyl halides is 5. The first-order valence-corrected chi connectivity index (χ1v) is 2.95. The average molecular weight is 192 g/mol. The highest BCUT2D eigenvalue weighted by molar-refractivity contribution is 4.80. The SMILES string of the molecule is CC1(C(F)(F)F)OCC(F)(F)O1. The van der Waals surface area contributed by atoms with Crippen molar-refractivity contribution in [2.45, 2.75) is 25.0 Å². The lowest BCUT2D eigenvalue weighted by atomic mass is 10.3. The molecule has 0 N–H and O–H groups in total. The first-order chi connectivity index (χ1) is 5.16. The molecule has 1 rings (SSSR count). The zero-order valence-corrected chi connectivity index (χ0v) is 5.91. The number of hydrogen-bond acceptors (Lipinski definition) is 2. The third kappa shape index (κ3) is 1.51. The van der Waals surface area contributed by atoms with Crippen LogP contribution in [0.1, 0.15) is 6.92 Å². The van der Waals surface area contributed by atoms with Crippen LogP contribution in [0.3, 0.4) is 0 Å². The maximum absolute atomic E-state index is 12.1. The Morgan fingerprint density at radius 2 is 1.75 bits per heavy atom. The van der Waals surface area contributed by atoms with Gasteiger partial charge < -0.3 is 4.74 Å². The molecule has 0 bridgehead atoms. The topological polar surface area (TPSA) is 18.5 Å². The Morgan fingerprint density at radius 1 is 1.25 bits per heavy atom. The molecule has 0 aromatic heterocycles. The summed E-state index contributed by atoms with van der Waals surface area (Å²) in [6, 6.07) is 0. The first-order valence-electron chi connectivity index (χ1n) is 2.95. The van der Waals surface area contributed by atoms with Gasteiger partial charge in [0.15, 0.2) is 0 Å². The summed E-state index contributed by atoms with van der Waals surface area (Å²) in [5.74, 6) is -3.18. The Kier molecular flexibility index (Phi) is 1.84. The second-order valence-corrected chi connectivity index (χ2v) is 2.47. The van der Waals surface area contributed by atoms with Gasteiger partial charge in [0.2, 0.25) is 0 Å². The fourth-order valence-corrected chi connectivity index (χ4v) is 0.705. The van der Waals surface area contributed by atoms with Crippen LogP contribution in [0.4, 0.5) is 22.0 Å². The second kappa shape index (κ2) is 2.29. The predicted octanol–water partition coefficient (Wildman–Crippen LogP) is 1.90. The van der Waals surface area contributed by atoms with E-state index in [4.69, 9.17) is 0 Å². The summed E-state index contributed by atoms with van der Waals surface area (Å²) in [6.07, 6.45) is -8.81. The highest BCUT2D eigenvalue weighted by Crippen LogP contribution is 2.43. The molecular formula is C5H5F5O2. The predicted molar refractivity (Wildman–Crippen MR) is 26.4 cm³/mol. The standard InChI is InChI=1S/C5H5F5O2/c1-3(5(8,9)10)11-2-4(6,7)12-3/h2H2,1H3. The zero-order valence-electron chi connectivity index (χ0n) is 5.91. The Hall–Kier alpha value is -0.430. The highest BCUT2D eigenvalue weighted by Gasteiger charge is 2.64. The molecule has 2 nitrogen and oxygen atoms in total. The minimum absolute atomic E-state index is 0.411. The Bertz CT molecular complexity index is 189. The van der Waals surface area contributed by atoms with E-state index in [0.29, 0.717) is 6.92 Å². The minimum atomic E-state index is -4.95. The smallest absolute Gasteiger partial charge is 0.333 e. The van der Waals surface area contributed by atoms with Crippen molar-refractivity contribution in [1.82, 2.24) is 0 Å². The number of halogens is 5. The van der Waals surface area contributed by atoms with E-state index in [1.807, 2.05) is 0 Å². The molecule has 0 aliphatic carbocycles. The van der Waals surface area contributed by atoms with E-state index in [-0.39, 0.29) is 0 Å². The summed E-state index contributed by atoms with van der Waals surface area (Å²) < 4.78 is 67.2. The Balaban J connectivity index is 2.78. The van der Waals surface area contributed by atoms with Crippen LogP contribution < -0.4 is 0 Å². The van der Waals surface area contributed by atoms with E-state index >= 15 is 0 Å². The van der Waals surface area contributed by atoms with E-state index in [1.165, 1.54) is 0 Å². The molecule has 1 heterocycles. The fourth-order valence-electron chi connectivity index (χ4n) is 0.705. The van der Waals surface area contributed by atoms with Crippen molar-refractivity contribution in [2.24, 2.45) is 0 Å².